The van der Waals surface area contributed by atoms with Gasteiger partial charge >= 0.3 is 0 Å². The average molecular weight is 141 g/mol. The zero-order chi connectivity index (χ0) is 7.98. The lowest BCUT2D eigenvalue weighted by atomic mass is 10.3. The molecular formula is C8H12FN. The van der Waals surface area contributed by atoms with E-state index in [0.29, 0.717) is 0 Å². The first-order valence-electron chi connectivity index (χ1n) is 3.23. The van der Waals surface area contributed by atoms with Gasteiger partial charge in [-0.3, -0.25) is 0 Å². The van der Waals surface area contributed by atoms with Crippen LogP contribution in [-0.4, -0.2) is 5.71 Å². The lowest BCUT2D eigenvalue weighted by Crippen LogP contribution is -1.85. The highest BCUT2D eigenvalue weighted by molar-refractivity contribution is 5.82. The van der Waals surface area contributed by atoms with E-state index < -0.39 is 5.95 Å². The Morgan fingerprint density at radius 3 is 2.70 bits per heavy atom. The molecule has 0 aliphatic heterocycles. The minimum atomic E-state index is -0.477. The molecule has 2 heteroatoms. The molecule has 0 saturated carbocycles. The molecule has 56 valence electrons. The fourth-order valence-electron chi connectivity index (χ4n) is 0.396. The number of allylic oxidation sites excluding steroid dienone is 2. The Morgan fingerprint density at radius 2 is 2.30 bits per heavy atom. The van der Waals surface area contributed by atoms with Gasteiger partial charge in [0.05, 0.1) is 0 Å². The summed E-state index contributed by atoms with van der Waals surface area (Å²) in [5, 5.41) is 0. The summed E-state index contributed by atoms with van der Waals surface area (Å²) in [5.41, 5.74) is 0.788. The Hall–Kier alpha value is -0.920. The van der Waals surface area contributed by atoms with Crippen molar-refractivity contribution >= 4 is 5.71 Å². The molecule has 0 unspecified atom stereocenters. The third kappa shape index (κ3) is 4.01. The molecule has 0 aliphatic carbocycles. The standard InChI is InChI=1S/C8H12FN/c1-4-6-8(9)10-7(3)5-2/h4,6H,1,5H2,2-3H3/b8-6-,10-7-. The minimum Gasteiger partial charge on any atom is -0.230 e. The van der Waals surface area contributed by atoms with Gasteiger partial charge in [0.2, 0.25) is 5.95 Å². The molecule has 0 fully saturated rings. The fourth-order valence-corrected chi connectivity index (χ4v) is 0.396. The highest BCUT2D eigenvalue weighted by Crippen LogP contribution is 1.99. The quantitative estimate of drug-likeness (QED) is 0.325. The van der Waals surface area contributed by atoms with Crippen LogP contribution in [0.3, 0.4) is 0 Å². The Labute approximate surface area is 61.0 Å². The van der Waals surface area contributed by atoms with Gasteiger partial charge in [0.25, 0.3) is 0 Å². The third-order valence-electron chi connectivity index (χ3n) is 1.06. The number of hydrogen-bond acceptors (Lipinski definition) is 1. The van der Waals surface area contributed by atoms with Gasteiger partial charge in [-0.1, -0.05) is 19.6 Å². The summed E-state index contributed by atoms with van der Waals surface area (Å²) in [6, 6.07) is 0. The zero-order valence-electron chi connectivity index (χ0n) is 6.39. The van der Waals surface area contributed by atoms with Crippen LogP contribution in [0.4, 0.5) is 4.39 Å². The monoisotopic (exact) mass is 141 g/mol. The summed E-state index contributed by atoms with van der Waals surface area (Å²) in [5.74, 6) is -0.477. The van der Waals surface area contributed by atoms with Crippen LogP contribution in [0.15, 0.2) is 29.7 Å². The topological polar surface area (TPSA) is 12.4 Å². The molecule has 0 aromatic carbocycles. The van der Waals surface area contributed by atoms with E-state index in [2.05, 4.69) is 11.6 Å². The van der Waals surface area contributed by atoms with E-state index in [-0.39, 0.29) is 0 Å². The number of hydrogen-bond donors (Lipinski definition) is 0. The van der Waals surface area contributed by atoms with Crippen molar-refractivity contribution in [3.8, 4) is 0 Å². The van der Waals surface area contributed by atoms with Crippen molar-refractivity contribution in [2.45, 2.75) is 20.3 Å². The van der Waals surface area contributed by atoms with Gasteiger partial charge in [0.15, 0.2) is 0 Å². The van der Waals surface area contributed by atoms with E-state index in [4.69, 9.17) is 0 Å². The predicted octanol–water partition coefficient (Wildman–Crippen LogP) is 2.85. The van der Waals surface area contributed by atoms with E-state index in [9.17, 15) is 4.39 Å². The maximum atomic E-state index is 12.4. The molecule has 0 rings (SSSR count). The van der Waals surface area contributed by atoms with E-state index in [1.807, 2.05) is 6.92 Å². The Kier molecular flexibility index (Phi) is 4.46. The summed E-state index contributed by atoms with van der Waals surface area (Å²) >= 11 is 0. The van der Waals surface area contributed by atoms with E-state index in [1.54, 1.807) is 6.92 Å². The number of nitrogens with zero attached hydrogens (tertiary/aromatic N) is 1. The van der Waals surface area contributed by atoms with Crippen molar-refractivity contribution in [2.24, 2.45) is 4.99 Å². The summed E-state index contributed by atoms with van der Waals surface area (Å²) in [7, 11) is 0. The molecule has 0 atom stereocenters. The zero-order valence-corrected chi connectivity index (χ0v) is 6.39. The molecule has 0 spiro atoms. The SMILES string of the molecule is C=C/C=C(F)\N=C(\C)CC. The molecule has 0 aromatic rings. The van der Waals surface area contributed by atoms with Crippen molar-refractivity contribution in [3.63, 3.8) is 0 Å². The van der Waals surface area contributed by atoms with Crippen molar-refractivity contribution in [2.75, 3.05) is 0 Å². The Morgan fingerprint density at radius 1 is 1.70 bits per heavy atom. The van der Waals surface area contributed by atoms with Crippen LogP contribution in [0.2, 0.25) is 0 Å². The lowest BCUT2D eigenvalue weighted by Gasteiger charge is -1.90. The van der Waals surface area contributed by atoms with Gasteiger partial charge < -0.3 is 0 Å². The smallest absolute Gasteiger partial charge is 0.212 e. The second kappa shape index (κ2) is 4.91. The first-order chi connectivity index (χ1) is 4.70. The molecule has 1 nitrogen and oxygen atoms in total. The largest absolute Gasteiger partial charge is 0.230 e. The molecule has 0 saturated heterocycles. The van der Waals surface area contributed by atoms with Gasteiger partial charge in [0.1, 0.15) is 0 Å². The van der Waals surface area contributed by atoms with E-state index >= 15 is 0 Å². The maximum Gasteiger partial charge on any atom is 0.212 e. The molecule has 0 heterocycles. The normalized spacial score (nSPS) is 13.5. The van der Waals surface area contributed by atoms with Crippen LogP contribution in [0.5, 0.6) is 0 Å². The first-order valence-corrected chi connectivity index (χ1v) is 3.23. The Balaban J connectivity index is 4.11. The Bertz CT molecular complexity index is 168. The van der Waals surface area contributed by atoms with E-state index in [1.165, 1.54) is 12.2 Å². The van der Waals surface area contributed by atoms with E-state index in [0.717, 1.165) is 12.1 Å². The number of rotatable bonds is 3. The van der Waals surface area contributed by atoms with Gasteiger partial charge in [-0.05, 0) is 19.4 Å². The van der Waals surface area contributed by atoms with Crippen LogP contribution in [0.1, 0.15) is 20.3 Å². The highest BCUT2D eigenvalue weighted by Gasteiger charge is 1.88. The van der Waals surface area contributed by atoms with Crippen molar-refractivity contribution in [1.82, 2.24) is 0 Å². The predicted molar refractivity (Wildman–Crippen MR) is 42.8 cm³/mol. The molecule has 0 amide bonds. The second-order valence-electron chi connectivity index (χ2n) is 1.93. The number of halogens is 1. The molecule has 0 N–H and O–H groups in total. The van der Waals surface area contributed by atoms with Crippen molar-refractivity contribution < 1.29 is 4.39 Å². The average Bonchev–Trinajstić information content (AvgIpc) is 1.88. The molecule has 0 aromatic heterocycles. The van der Waals surface area contributed by atoms with Crippen LogP contribution in [0, 0.1) is 0 Å². The van der Waals surface area contributed by atoms with Gasteiger partial charge in [-0.25, -0.2) is 4.99 Å². The van der Waals surface area contributed by atoms with Crippen LogP contribution >= 0.6 is 0 Å². The van der Waals surface area contributed by atoms with Gasteiger partial charge in [-0.2, -0.15) is 4.39 Å². The summed E-state index contributed by atoms with van der Waals surface area (Å²) < 4.78 is 12.4. The molecule has 0 radical (unpaired) electrons. The highest BCUT2D eigenvalue weighted by atomic mass is 19.1. The third-order valence-corrected chi connectivity index (χ3v) is 1.06. The van der Waals surface area contributed by atoms with Crippen LogP contribution < -0.4 is 0 Å². The fraction of sp³-hybridized carbons (Fsp3) is 0.375. The van der Waals surface area contributed by atoms with Crippen molar-refractivity contribution in [1.29, 1.82) is 0 Å². The summed E-state index contributed by atoms with van der Waals surface area (Å²) in [4.78, 5) is 3.62. The molecule has 0 bridgehead atoms. The van der Waals surface area contributed by atoms with Crippen LogP contribution in [0.25, 0.3) is 0 Å². The first kappa shape index (κ1) is 9.08. The van der Waals surface area contributed by atoms with Gasteiger partial charge in [0, 0.05) is 5.71 Å². The summed E-state index contributed by atoms with van der Waals surface area (Å²) in [6.45, 7) is 7.07. The number of aliphatic imine (C=N–C) groups is 1. The minimum absolute atomic E-state index is 0.477. The molecule has 0 aliphatic rings. The molecule has 10 heavy (non-hydrogen) atoms. The van der Waals surface area contributed by atoms with Gasteiger partial charge in [-0.15, -0.1) is 0 Å². The lowest BCUT2D eigenvalue weighted by molar-refractivity contribution is 0.627. The maximum absolute atomic E-state index is 12.4. The van der Waals surface area contributed by atoms with Crippen LogP contribution in [-0.2, 0) is 0 Å². The molecular weight excluding hydrogens is 129 g/mol. The van der Waals surface area contributed by atoms with Crippen molar-refractivity contribution in [3.05, 3.63) is 24.7 Å². The second-order valence-corrected chi connectivity index (χ2v) is 1.93. The summed E-state index contributed by atoms with van der Waals surface area (Å²) in [6.07, 6.45) is 3.39.